The number of piperidine rings is 1. The molecule has 0 aliphatic carbocycles. The van der Waals surface area contributed by atoms with Crippen LogP contribution in [0.1, 0.15) is 40.0 Å². The Hall–Kier alpha value is -0.900. The van der Waals surface area contributed by atoms with Gasteiger partial charge in [-0.15, -0.1) is 0 Å². The molecule has 86 valence electrons. The Bertz CT molecular complexity index is 251. The third-order valence-electron chi connectivity index (χ3n) is 2.74. The van der Waals surface area contributed by atoms with Crippen LogP contribution < -0.4 is 0 Å². The van der Waals surface area contributed by atoms with Crippen molar-refractivity contribution in [1.82, 2.24) is 4.90 Å². The van der Waals surface area contributed by atoms with Gasteiger partial charge in [-0.05, 0) is 11.8 Å². The summed E-state index contributed by atoms with van der Waals surface area (Å²) < 4.78 is 0. The van der Waals surface area contributed by atoms with Crippen LogP contribution in [0.2, 0.25) is 0 Å². The molecule has 0 spiro atoms. The first-order valence-electron chi connectivity index (χ1n) is 5.33. The van der Waals surface area contributed by atoms with Gasteiger partial charge in [-0.1, -0.05) is 20.8 Å². The molecule has 1 unspecified atom stereocenters. The Morgan fingerprint density at radius 1 is 1.27 bits per heavy atom. The van der Waals surface area contributed by atoms with Gasteiger partial charge in [0.25, 0.3) is 0 Å². The van der Waals surface area contributed by atoms with E-state index in [1.54, 1.807) is 0 Å². The largest absolute Gasteiger partial charge is 0.391 e. The van der Waals surface area contributed by atoms with Crippen LogP contribution in [0.25, 0.3) is 0 Å². The summed E-state index contributed by atoms with van der Waals surface area (Å²) in [5, 5.41) is 9.83. The van der Waals surface area contributed by atoms with E-state index >= 15 is 0 Å². The standard InChI is InChI=1S/C11H19NO3/c1-11(2,3)8(13)7-12-9(14)5-4-6-10(12)15/h8,13H,4-7H2,1-3H3. The number of carbonyl (C=O) groups is 2. The minimum absolute atomic E-state index is 0.126. The van der Waals surface area contributed by atoms with Gasteiger partial charge < -0.3 is 5.11 Å². The first kappa shape index (κ1) is 12.2. The number of hydrogen-bond acceptors (Lipinski definition) is 3. The first-order chi connectivity index (χ1) is 6.82. The van der Waals surface area contributed by atoms with E-state index in [2.05, 4.69) is 0 Å². The van der Waals surface area contributed by atoms with Gasteiger partial charge in [-0.25, -0.2) is 0 Å². The lowest BCUT2D eigenvalue weighted by atomic mass is 9.88. The highest BCUT2D eigenvalue weighted by Crippen LogP contribution is 2.22. The molecule has 1 atom stereocenters. The molecule has 0 saturated carbocycles. The third kappa shape index (κ3) is 3.02. The zero-order valence-electron chi connectivity index (χ0n) is 9.62. The zero-order chi connectivity index (χ0) is 11.6. The highest BCUT2D eigenvalue weighted by molar-refractivity contribution is 5.97. The van der Waals surface area contributed by atoms with Crippen molar-refractivity contribution in [2.24, 2.45) is 5.41 Å². The average molecular weight is 213 g/mol. The monoisotopic (exact) mass is 213 g/mol. The van der Waals surface area contributed by atoms with Crippen LogP contribution in [0.3, 0.4) is 0 Å². The second-order valence-corrected chi connectivity index (χ2v) is 5.13. The fourth-order valence-electron chi connectivity index (χ4n) is 1.45. The SMILES string of the molecule is CC(C)(C)C(O)CN1C(=O)CCCC1=O. The Balaban J connectivity index is 2.63. The number of rotatable bonds is 2. The van der Waals surface area contributed by atoms with Crippen molar-refractivity contribution in [1.29, 1.82) is 0 Å². The van der Waals surface area contributed by atoms with Crippen LogP contribution in [0, 0.1) is 5.41 Å². The van der Waals surface area contributed by atoms with Crippen molar-refractivity contribution in [3.8, 4) is 0 Å². The number of amides is 2. The second-order valence-electron chi connectivity index (χ2n) is 5.13. The van der Waals surface area contributed by atoms with Gasteiger partial charge in [0.1, 0.15) is 0 Å². The van der Waals surface area contributed by atoms with E-state index in [9.17, 15) is 14.7 Å². The molecule has 2 amide bonds. The maximum atomic E-state index is 11.5. The molecule has 0 aromatic rings. The summed E-state index contributed by atoms with van der Waals surface area (Å²) in [6, 6.07) is 0. The summed E-state index contributed by atoms with van der Waals surface area (Å²) in [4.78, 5) is 24.1. The maximum absolute atomic E-state index is 11.5. The number of aliphatic hydroxyl groups excluding tert-OH is 1. The van der Waals surface area contributed by atoms with Gasteiger partial charge in [-0.3, -0.25) is 14.5 Å². The van der Waals surface area contributed by atoms with Crippen molar-refractivity contribution >= 4 is 11.8 Å². The second kappa shape index (κ2) is 4.31. The van der Waals surface area contributed by atoms with Crippen molar-refractivity contribution in [2.75, 3.05) is 6.54 Å². The highest BCUT2D eigenvalue weighted by Gasteiger charge is 2.31. The van der Waals surface area contributed by atoms with Crippen LogP contribution in [0.15, 0.2) is 0 Å². The summed E-state index contributed by atoms with van der Waals surface area (Å²) in [5.41, 5.74) is -0.308. The molecule has 1 fully saturated rings. The fourth-order valence-corrected chi connectivity index (χ4v) is 1.45. The van der Waals surface area contributed by atoms with E-state index in [1.807, 2.05) is 20.8 Å². The van der Waals surface area contributed by atoms with Gasteiger partial charge in [0.05, 0.1) is 12.6 Å². The van der Waals surface area contributed by atoms with Gasteiger partial charge in [0.15, 0.2) is 0 Å². The molecular formula is C11H19NO3. The van der Waals surface area contributed by atoms with Crippen molar-refractivity contribution in [2.45, 2.75) is 46.1 Å². The van der Waals surface area contributed by atoms with Crippen LogP contribution in [0.4, 0.5) is 0 Å². The summed E-state index contributed by atoms with van der Waals surface area (Å²) >= 11 is 0. The van der Waals surface area contributed by atoms with Crippen LogP contribution in [-0.4, -0.2) is 34.5 Å². The summed E-state index contributed by atoms with van der Waals surface area (Å²) in [6.45, 7) is 5.78. The Morgan fingerprint density at radius 3 is 2.13 bits per heavy atom. The molecule has 1 rings (SSSR count). The quantitative estimate of drug-likeness (QED) is 0.694. The molecule has 4 nitrogen and oxygen atoms in total. The predicted molar refractivity (Wildman–Crippen MR) is 56.0 cm³/mol. The number of aliphatic hydroxyl groups is 1. The van der Waals surface area contributed by atoms with Crippen molar-refractivity contribution in [3.05, 3.63) is 0 Å². The van der Waals surface area contributed by atoms with Crippen molar-refractivity contribution in [3.63, 3.8) is 0 Å². The molecular weight excluding hydrogens is 194 g/mol. The molecule has 4 heteroatoms. The van der Waals surface area contributed by atoms with Gasteiger partial charge in [-0.2, -0.15) is 0 Å². The summed E-state index contributed by atoms with van der Waals surface area (Å²) in [7, 11) is 0. The lowest BCUT2D eigenvalue weighted by Gasteiger charge is -2.32. The molecule has 1 saturated heterocycles. The molecule has 0 aromatic heterocycles. The average Bonchev–Trinajstić information content (AvgIpc) is 2.09. The van der Waals surface area contributed by atoms with E-state index in [0.717, 1.165) is 0 Å². The number of likely N-dealkylation sites (tertiary alicyclic amines) is 1. The smallest absolute Gasteiger partial charge is 0.229 e. The van der Waals surface area contributed by atoms with Crippen LogP contribution in [-0.2, 0) is 9.59 Å². The number of nitrogens with zero attached hydrogens (tertiary/aromatic N) is 1. The molecule has 1 N–H and O–H groups in total. The molecule has 0 bridgehead atoms. The summed E-state index contributed by atoms with van der Waals surface area (Å²) in [5.74, 6) is -0.316. The normalized spacial score (nSPS) is 20.7. The lowest BCUT2D eigenvalue weighted by molar-refractivity contribution is -0.150. The van der Waals surface area contributed by atoms with Gasteiger partial charge >= 0.3 is 0 Å². The van der Waals surface area contributed by atoms with E-state index < -0.39 is 6.10 Å². The minimum Gasteiger partial charge on any atom is -0.391 e. The van der Waals surface area contributed by atoms with Crippen LogP contribution >= 0.6 is 0 Å². The van der Waals surface area contributed by atoms with Crippen LogP contribution in [0.5, 0.6) is 0 Å². The lowest BCUT2D eigenvalue weighted by Crippen LogP contribution is -2.47. The first-order valence-corrected chi connectivity index (χ1v) is 5.33. The molecule has 15 heavy (non-hydrogen) atoms. The van der Waals surface area contributed by atoms with Crippen molar-refractivity contribution < 1.29 is 14.7 Å². The van der Waals surface area contributed by atoms with E-state index in [1.165, 1.54) is 4.90 Å². The molecule has 1 aliphatic rings. The highest BCUT2D eigenvalue weighted by atomic mass is 16.3. The predicted octanol–water partition coefficient (Wildman–Crippen LogP) is 0.933. The molecule has 0 radical (unpaired) electrons. The number of β-amino-alcohol motifs (C(OH)–C–C–N with tert-alkyl or cyclic N) is 1. The zero-order valence-corrected chi connectivity index (χ0v) is 9.62. The number of hydrogen-bond donors (Lipinski definition) is 1. The van der Waals surface area contributed by atoms with Gasteiger partial charge in [0.2, 0.25) is 11.8 Å². The molecule has 0 aromatic carbocycles. The van der Waals surface area contributed by atoms with E-state index in [0.29, 0.717) is 19.3 Å². The third-order valence-corrected chi connectivity index (χ3v) is 2.74. The Kier molecular flexibility index (Phi) is 3.50. The Labute approximate surface area is 90.3 Å². The number of carbonyl (C=O) groups excluding carboxylic acids is 2. The van der Waals surface area contributed by atoms with E-state index in [4.69, 9.17) is 0 Å². The topological polar surface area (TPSA) is 57.6 Å². The maximum Gasteiger partial charge on any atom is 0.229 e. The number of imide groups is 1. The summed E-state index contributed by atoms with van der Waals surface area (Å²) in [6.07, 6.45) is 0.814. The minimum atomic E-state index is -0.663. The van der Waals surface area contributed by atoms with Gasteiger partial charge in [0, 0.05) is 12.8 Å². The fraction of sp³-hybridized carbons (Fsp3) is 0.818. The molecule has 1 aliphatic heterocycles. The molecule has 1 heterocycles. The Morgan fingerprint density at radius 2 is 1.73 bits per heavy atom. The van der Waals surface area contributed by atoms with E-state index in [-0.39, 0.29) is 23.8 Å².